The van der Waals surface area contributed by atoms with Crippen molar-refractivity contribution < 1.29 is 9.21 Å². The number of aromatic nitrogens is 3. The Balaban J connectivity index is 1.51. The van der Waals surface area contributed by atoms with E-state index in [4.69, 9.17) is 16.0 Å². The average molecular weight is 393 g/mol. The normalized spacial score (nSPS) is 12.1. The fraction of sp³-hybridized carbons (Fsp3) is 0.143. The van der Waals surface area contributed by atoms with Gasteiger partial charge in [-0.25, -0.2) is 15.0 Å². The van der Waals surface area contributed by atoms with E-state index in [2.05, 4.69) is 20.3 Å². The van der Waals surface area contributed by atoms with Crippen molar-refractivity contribution in [2.75, 3.05) is 0 Å². The van der Waals surface area contributed by atoms with Crippen LogP contribution < -0.4 is 5.32 Å². The summed E-state index contributed by atoms with van der Waals surface area (Å²) in [6.45, 7) is 1.87. The second-order valence-electron chi connectivity index (χ2n) is 6.42. The number of rotatable bonds is 5. The lowest BCUT2D eigenvalue weighted by atomic mass is 10.1. The van der Waals surface area contributed by atoms with Gasteiger partial charge in [-0.1, -0.05) is 23.7 Å². The van der Waals surface area contributed by atoms with Crippen LogP contribution in [0.25, 0.3) is 11.1 Å². The number of halogens is 1. The number of carbonyl (C=O) groups is 1. The van der Waals surface area contributed by atoms with E-state index in [9.17, 15) is 4.79 Å². The number of nitrogens with one attached hydrogen (secondary N) is 1. The highest BCUT2D eigenvalue weighted by atomic mass is 35.5. The lowest BCUT2D eigenvalue weighted by Gasteiger charge is -2.12. The minimum Gasteiger partial charge on any atom is -0.440 e. The zero-order valence-corrected chi connectivity index (χ0v) is 15.8. The minimum atomic E-state index is -0.232. The predicted octanol–water partition coefficient (Wildman–Crippen LogP) is 4.35. The Labute approximate surface area is 166 Å². The first-order valence-corrected chi connectivity index (χ1v) is 9.17. The number of hydrogen-bond donors (Lipinski definition) is 1. The topological polar surface area (TPSA) is 80.9 Å². The summed E-state index contributed by atoms with van der Waals surface area (Å²) in [4.78, 5) is 25.1. The zero-order valence-electron chi connectivity index (χ0n) is 15.1. The standard InChI is InChI=1S/C21H17ClN4O2/c1-13(17-8-9-23-12-24-17)25-21(27)15-4-7-19-18(11-15)26-20(28-19)10-14-2-5-16(22)6-3-14/h2-9,11-13H,10H2,1H3,(H,25,27). The third-order valence-corrected chi connectivity index (χ3v) is 4.61. The summed E-state index contributed by atoms with van der Waals surface area (Å²) in [5, 5.41) is 3.62. The molecule has 0 aliphatic heterocycles. The molecule has 4 aromatic rings. The molecule has 0 spiro atoms. The molecule has 0 aliphatic carbocycles. The molecule has 0 bridgehead atoms. The van der Waals surface area contributed by atoms with Gasteiger partial charge in [0.1, 0.15) is 11.8 Å². The van der Waals surface area contributed by atoms with E-state index in [0.29, 0.717) is 34.0 Å². The summed E-state index contributed by atoms with van der Waals surface area (Å²) in [5.74, 6) is 0.388. The largest absolute Gasteiger partial charge is 0.440 e. The van der Waals surface area contributed by atoms with Gasteiger partial charge in [0.25, 0.3) is 5.91 Å². The first-order valence-electron chi connectivity index (χ1n) is 8.79. The molecule has 2 aromatic heterocycles. The molecule has 1 unspecified atom stereocenters. The van der Waals surface area contributed by atoms with Crippen LogP contribution in [-0.2, 0) is 6.42 Å². The molecule has 4 rings (SSSR count). The Morgan fingerprint density at radius 1 is 1.18 bits per heavy atom. The Morgan fingerprint density at radius 2 is 2.00 bits per heavy atom. The van der Waals surface area contributed by atoms with Gasteiger partial charge in [-0.15, -0.1) is 0 Å². The maximum Gasteiger partial charge on any atom is 0.251 e. The number of fused-ring (bicyclic) bond motifs is 1. The Kier molecular flexibility index (Phi) is 5.04. The molecule has 1 N–H and O–H groups in total. The number of carbonyl (C=O) groups excluding carboxylic acids is 1. The van der Waals surface area contributed by atoms with Crippen molar-refractivity contribution in [2.24, 2.45) is 0 Å². The maximum atomic E-state index is 12.6. The van der Waals surface area contributed by atoms with Gasteiger partial charge in [0, 0.05) is 23.2 Å². The van der Waals surface area contributed by atoms with Gasteiger partial charge in [0.2, 0.25) is 0 Å². The number of amides is 1. The van der Waals surface area contributed by atoms with Gasteiger partial charge in [-0.05, 0) is 48.9 Å². The summed E-state index contributed by atoms with van der Waals surface area (Å²) >= 11 is 5.92. The van der Waals surface area contributed by atoms with Crippen LogP contribution in [0.1, 0.15) is 40.5 Å². The van der Waals surface area contributed by atoms with Crippen LogP contribution in [0.3, 0.4) is 0 Å². The molecule has 1 amide bonds. The van der Waals surface area contributed by atoms with Crippen molar-refractivity contribution in [1.82, 2.24) is 20.3 Å². The number of nitrogens with zero attached hydrogens (tertiary/aromatic N) is 3. The van der Waals surface area contributed by atoms with Crippen LogP contribution in [0, 0.1) is 0 Å². The number of benzene rings is 2. The highest BCUT2D eigenvalue weighted by Gasteiger charge is 2.14. The molecule has 0 saturated carbocycles. The molecule has 6 nitrogen and oxygen atoms in total. The summed E-state index contributed by atoms with van der Waals surface area (Å²) in [6, 6.07) is 14.3. The zero-order chi connectivity index (χ0) is 19.5. The predicted molar refractivity (Wildman–Crippen MR) is 106 cm³/mol. The molecule has 0 fully saturated rings. The summed E-state index contributed by atoms with van der Waals surface area (Å²) in [6.07, 6.45) is 3.66. The van der Waals surface area contributed by atoms with Crippen molar-refractivity contribution in [3.8, 4) is 0 Å². The van der Waals surface area contributed by atoms with E-state index >= 15 is 0 Å². The van der Waals surface area contributed by atoms with Crippen LogP contribution in [0.2, 0.25) is 5.02 Å². The maximum absolute atomic E-state index is 12.6. The molecule has 2 heterocycles. The molecule has 7 heteroatoms. The first-order chi connectivity index (χ1) is 13.6. The second-order valence-corrected chi connectivity index (χ2v) is 6.86. The van der Waals surface area contributed by atoms with Crippen molar-refractivity contribution in [3.63, 3.8) is 0 Å². The molecule has 0 saturated heterocycles. The number of oxazole rings is 1. The quantitative estimate of drug-likeness (QED) is 0.546. The fourth-order valence-corrected chi connectivity index (χ4v) is 3.01. The first kappa shape index (κ1) is 18.1. The molecular formula is C21H17ClN4O2. The Hall–Kier alpha value is -3.25. The van der Waals surface area contributed by atoms with Gasteiger partial charge in [0.05, 0.1) is 11.7 Å². The van der Waals surface area contributed by atoms with Crippen LogP contribution >= 0.6 is 11.6 Å². The SMILES string of the molecule is CC(NC(=O)c1ccc2oc(Cc3ccc(Cl)cc3)nc2c1)c1ccncn1. The van der Waals surface area contributed by atoms with Crippen molar-refractivity contribution in [1.29, 1.82) is 0 Å². The second kappa shape index (κ2) is 7.78. The summed E-state index contributed by atoms with van der Waals surface area (Å²) in [7, 11) is 0. The molecule has 0 radical (unpaired) electrons. The van der Waals surface area contributed by atoms with Crippen molar-refractivity contribution in [3.05, 3.63) is 88.8 Å². The van der Waals surface area contributed by atoms with Crippen molar-refractivity contribution >= 4 is 28.6 Å². The van der Waals surface area contributed by atoms with Gasteiger partial charge in [-0.2, -0.15) is 0 Å². The molecule has 28 heavy (non-hydrogen) atoms. The summed E-state index contributed by atoms with van der Waals surface area (Å²) in [5.41, 5.74) is 3.60. The lowest BCUT2D eigenvalue weighted by molar-refractivity contribution is 0.0939. The minimum absolute atomic E-state index is 0.199. The van der Waals surface area contributed by atoms with Crippen LogP contribution in [0.5, 0.6) is 0 Å². The highest BCUT2D eigenvalue weighted by Crippen LogP contribution is 2.21. The van der Waals surface area contributed by atoms with Crippen LogP contribution in [-0.4, -0.2) is 20.9 Å². The third kappa shape index (κ3) is 4.02. The molecular weight excluding hydrogens is 376 g/mol. The number of hydrogen-bond acceptors (Lipinski definition) is 5. The molecule has 2 aromatic carbocycles. The monoisotopic (exact) mass is 392 g/mol. The van der Waals surface area contributed by atoms with Gasteiger partial charge in [0.15, 0.2) is 11.5 Å². The van der Waals surface area contributed by atoms with Crippen LogP contribution in [0.15, 0.2) is 65.5 Å². The average Bonchev–Trinajstić information content (AvgIpc) is 3.11. The smallest absolute Gasteiger partial charge is 0.251 e. The summed E-state index contributed by atoms with van der Waals surface area (Å²) < 4.78 is 5.79. The van der Waals surface area contributed by atoms with E-state index in [1.54, 1.807) is 30.5 Å². The van der Waals surface area contributed by atoms with E-state index in [0.717, 1.165) is 11.3 Å². The lowest BCUT2D eigenvalue weighted by Crippen LogP contribution is -2.27. The van der Waals surface area contributed by atoms with E-state index in [1.807, 2.05) is 31.2 Å². The van der Waals surface area contributed by atoms with Crippen molar-refractivity contribution in [2.45, 2.75) is 19.4 Å². The van der Waals surface area contributed by atoms with E-state index in [1.165, 1.54) is 6.33 Å². The fourth-order valence-electron chi connectivity index (χ4n) is 2.88. The molecule has 140 valence electrons. The Morgan fingerprint density at radius 3 is 2.75 bits per heavy atom. The molecule has 0 aliphatic rings. The van der Waals surface area contributed by atoms with Gasteiger partial charge < -0.3 is 9.73 Å². The van der Waals surface area contributed by atoms with E-state index < -0.39 is 0 Å². The van der Waals surface area contributed by atoms with Crippen LogP contribution in [0.4, 0.5) is 0 Å². The highest BCUT2D eigenvalue weighted by molar-refractivity contribution is 6.30. The van der Waals surface area contributed by atoms with E-state index in [-0.39, 0.29) is 11.9 Å². The van der Waals surface area contributed by atoms with Gasteiger partial charge in [-0.3, -0.25) is 4.79 Å². The van der Waals surface area contributed by atoms with Gasteiger partial charge >= 0.3 is 0 Å². The third-order valence-electron chi connectivity index (χ3n) is 4.36. The Bertz CT molecular complexity index is 1110. The molecule has 1 atom stereocenters.